The van der Waals surface area contributed by atoms with Crippen LogP contribution in [0.2, 0.25) is 0 Å². The molecule has 1 fully saturated rings. The first-order valence-electron chi connectivity index (χ1n) is 2.93. The van der Waals surface area contributed by atoms with Crippen LogP contribution in [0.3, 0.4) is 0 Å². The van der Waals surface area contributed by atoms with E-state index in [1.807, 2.05) is 0 Å². The van der Waals surface area contributed by atoms with Crippen molar-refractivity contribution < 1.29 is 9.90 Å². The van der Waals surface area contributed by atoms with Gasteiger partial charge in [0, 0.05) is 0 Å². The maximum absolute atomic E-state index is 10.4. The molecule has 0 aromatic heterocycles. The summed E-state index contributed by atoms with van der Waals surface area (Å²) in [7, 11) is 0. The summed E-state index contributed by atoms with van der Waals surface area (Å²) in [5.41, 5.74) is 4.95. The molecule has 9 heavy (non-hydrogen) atoms. The van der Waals surface area contributed by atoms with Gasteiger partial charge < -0.3 is 10.8 Å². The number of amides is 1. The van der Waals surface area contributed by atoms with Gasteiger partial charge in [0.2, 0.25) is 5.91 Å². The number of carbonyl (C=O) groups is 1. The van der Waals surface area contributed by atoms with Crippen molar-refractivity contribution in [3.8, 4) is 0 Å². The molecule has 4 N–H and O–H groups in total. The van der Waals surface area contributed by atoms with E-state index in [1.54, 1.807) is 0 Å². The van der Waals surface area contributed by atoms with E-state index in [9.17, 15) is 4.79 Å². The molecule has 0 aliphatic carbocycles. The van der Waals surface area contributed by atoms with Crippen molar-refractivity contribution >= 4 is 5.91 Å². The van der Waals surface area contributed by atoms with E-state index in [4.69, 9.17) is 10.8 Å². The molecule has 1 rings (SSSR count). The van der Waals surface area contributed by atoms with Crippen LogP contribution in [0.5, 0.6) is 0 Å². The van der Waals surface area contributed by atoms with E-state index in [1.165, 1.54) is 0 Å². The Hall–Kier alpha value is -0.610. The predicted octanol–water partition coefficient (Wildman–Crippen LogP) is -1.46. The standard InChI is InChI=1S/C5H10N2O2/c6-5(9)3-1-2-4(8)7-3/h3-4,7-8H,1-2H2,(H2,6,9). The number of aliphatic hydroxyl groups excluding tert-OH is 1. The van der Waals surface area contributed by atoms with Crippen LogP contribution >= 0.6 is 0 Å². The van der Waals surface area contributed by atoms with Gasteiger partial charge in [-0.1, -0.05) is 0 Å². The van der Waals surface area contributed by atoms with Crippen molar-refractivity contribution in [2.24, 2.45) is 5.73 Å². The predicted molar refractivity (Wildman–Crippen MR) is 31.4 cm³/mol. The van der Waals surface area contributed by atoms with Gasteiger partial charge in [0.15, 0.2) is 0 Å². The van der Waals surface area contributed by atoms with Crippen LogP contribution in [0, 0.1) is 0 Å². The van der Waals surface area contributed by atoms with E-state index < -0.39 is 6.23 Å². The van der Waals surface area contributed by atoms with E-state index in [2.05, 4.69) is 5.32 Å². The highest BCUT2D eigenvalue weighted by Gasteiger charge is 2.25. The molecule has 52 valence electrons. The monoisotopic (exact) mass is 130 g/mol. The number of hydrogen-bond donors (Lipinski definition) is 3. The Bertz CT molecular complexity index is 126. The van der Waals surface area contributed by atoms with Crippen LogP contribution in [-0.4, -0.2) is 23.3 Å². The Morgan fingerprint density at radius 3 is 2.56 bits per heavy atom. The molecule has 1 aliphatic rings. The third-order valence-electron chi connectivity index (χ3n) is 1.47. The van der Waals surface area contributed by atoms with Crippen LogP contribution in [0.15, 0.2) is 0 Å². The smallest absolute Gasteiger partial charge is 0.234 e. The number of rotatable bonds is 1. The highest BCUT2D eigenvalue weighted by atomic mass is 16.3. The van der Waals surface area contributed by atoms with Crippen molar-refractivity contribution in [1.82, 2.24) is 5.32 Å². The van der Waals surface area contributed by atoms with Gasteiger partial charge in [-0.05, 0) is 12.8 Å². The first kappa shape index (κ1) is 6.51. The highest BCUT2D eigenvalue weighted by Crippen LogP contribution is 2.08. The van der Waals surface area contributed by atoms with Crippen LogP contribution in [0.25, 0.3) is 0 Å². The first-order chi connectivity index (χ1) is 4.20. The van der Waals surface area contributed by atoms with Gasteiger partial charge >= 0.3 is 0 Å². The normalized spacial score (nSPS) is 34.8. The van der Waals surface area contributed by atoms with E-state index in [0.717, 1.165) is 0 Å². The third-order valence-corrected chi connectivity index (χ3v) is 1.47. The second-order valence-electron chi connectivity index (χ2n) is 2.21. The molecule has 0 aromatic rings. The Kier molecular flexibility index (Phi) is 1.68. The molecule has 2 atom stereocenters. The summed E-state index contributed by atoms with van der Waals surface area (Å²) in [4.78, 5) is 10.4. The van der Waals surface area contributed by atoms with E-state index >= 15 is 0 Å². The van der Waals surface area contributed by atoms with Gasteiger partial charge in [-0.3, -0.25) is 10.1 Å². The largest absolute Gasteiger partial charge is 0.379 e. The second kappa shape index (κ2) is 2.33. The van der Waals surface area contributed by atoms with Gasteiger partial charge in [0.05, 0.1) is 6.04 Å². The summed E-state index contributed by atoms with van der Waals surface area (Å²) < 4.78 is 0. The number of aliphatic hydroxyl groups is 1. The zero-order valence-electron chi connectivity index (χ0n) is 5.00. The van der Waals surface area contributed by atoms with Gasteiger partial charge in [-0.25, -0.2) is 0 Å². The van der Waals surface area contributed by atoms with Crippen LogP contribution in [0.4, 0.5) is 0 Å². The molecule has 4 nitrogen and oxygen atoms in total. The SMILES string of the molecule is NC(=O)C1CCC(O)N1. The summed E-state index contributed by atoms with van der Waals surface area (Å²) in [6.07, 6.45) is 0.729. The molecule has 1 amide bonds. The van der Waals surface area contributed by atoms with Crippen molar-refractivity contribution in [3.63, 3.8) is 0 Å². The topological polar surface area (TPSA) is 75.4 Å². The molecular weight excluding hydrogens is 120 g/mol. The lowest BCUT2D eigenvalue weighted by atomic mass is 10.2. The summed E-state index contributed by atoms with van der Waals surface area (Å²) in [5, 5.41) is 11.5. The molecule has 0 bridgehead atoms. The number of nitrogens with one attached hydrogen (secondary N) is 1. The fraction of sp³-hybridized carbons (Fsp3) is 0.800. The summed E-state index contributed by atoms with van der Waals surface area (Å²) in [6, 6.07) is -0.319. The van der Waals surface area contributed by atoms with E-state index in [-0.39, 0.29) is 11.9 Å². The summed E-state index contributed by atoms with van der Waals surface area (Å²) in [6.45, 7) is 0. The average Bonchev–Trinajstić information content (AvgIpc) is 2.14. The van der Waals surface area contributed by atoms with Gasteiger partial charge in [-0.2, -0.15) is 0 Å². The van der Waals surface area contributed by atoms with Crippen LogP contribution in [0.1, 0.15) is 12.8 Å². The maximum atomic E-state index is 10.4. The van der Waals surface area contributed by atoms with Gasteiger partial charge in [-0.15, -0.1) is 0 Å². The second-order valence-corrected chi connectivity index (χ2v) is 2.21. The Morgan fingerprint density at radius 1 is 1.67 bits per heavy atom. The van der Waals surface area contributed by atoms with Crippen molar-refractivity contribution in [1.29, 1.82) is 0 Å². The Balaban J connectivity index is 2.39. The van der Waals surface area contributed by atoms with Crippen LogP contribution in [-0.2, 0) is 4.79 Å². The lowest BCUT2D eigenvalue weighted by Gasteiger charge is -2.04. The lowest BCUT2D eigenvalue weighted by Crippen LogP contribution is -2.39. The summed E-state index contributed by atoms with van der Waals surface area (Å²) >= 11 is 0. The Morgan fingerprint density at radius 2 is 2.33 bits per heavy atom. The summed E-state index contributed by atoms with van der Waals surface area (Å²) in [5.74, 6) is -0.383. The van der Waals surface area contributed by atoms with Crippen LogP contribution < -0.4 is 11.1 Å². The molecule has 1 heterocycles. The first-order valence-corrected chi connectivity index (χ1v) is 2.93. The molecule has 0 saturated carbocycles. The van der Waals surface area contributed by atoms with Crippen molar-refractivity contribution in [2.45, 2.75) is 25.1 Å². The van der Waals surface area contributed by atoms with Gasteiger partial charge in [0.25, 0.3) is 0 Å². The molecule has 1 saturated heterocycles. The van der Waals surface area contributed by atoms with Gasteiger partial charge in [0.1, 0.15) is 6.23 Å². The number of hydrogen-bond acceptors (Lipinski definition) is 3. The molecule has 4 heteroatoms. The van der Waals surface area contributed by atoms with Crippen molar-refractivity contribution in [2.75, 3.05) is 0 Å². The minimum absolute atomic E-state index is 0.319. The molecular formula is C5H10N2O2. The maximum Gasteiger partial charge on any atom is 0.234 e. The minimum Gasteiger partial charge on any atom is -0.379 e. The number of primary amides is 1. The zero-order valence-corrected chi connectivity index (χ0v) is 5.00. The number of nitrogens with two attached hydrogens (primary N) is 1. The molecule has 2 unspecified atom stereocenters. The zero-order chi connectivity index (χ0) is 6.85. The minimum atomic E-state index is -0.539. The highest BCUT2D eigenvalue weighted by molar-refractivity contribution is 5.80. The molecule has 0 radical (unpaired) electrons. The Labute approximate surface area is 53.0 Å². The quantitative estimate of drug-likeness (QED) is 0.406. The lowest BCUT2D eigenvalue weighted by molar-refractivity contribution is -0.120. The third kappa shape index (κ3) is 1.40. The fourth-order valence-electron chi connectivity index (χ4n) is 0.948. The molecule has 0 aromatic carbocycles. The molecule has 1 aliphatic heterocycles. The van der Waals surface area contributed by atoms with Crippen molar-refractivity contribution in [3.05, 3.63) is 0 Å². The van der Waals surface area contributed by atoms with E-state index in [0.29, 0.717) is 12.8 Å². The molecule has 0 spiro atoms. The number of carbonyl (C=O) groups excluding carboxylic acids is 1. The average molecular weight is 130 g/mol. The fourth-order valence-corrected chi connectivity index (χ4v) is 0.948.